The molecule has 2 rings (SSSR count). The summed E-state index contributed by atoms with van der Waals surface area (Å²) in [5.41, 5.74) is -0.865. The van der Waals surface area contributed by atoms with Gasteiger partial charge in [0.15, 0.2) is 5.60 Å². The minimum absolute atomic E-state index is 0.0493. The molecule has 0 aliphatic heterocycles. The van der Waals surface area contributed by atoms with Gasteiger partial charge in [0.25, 0.3) is 0 Å². The number of carbonyl (C=O) groups is 1. The molecule has 1 aromatic rings. The van der Waals surface area contributed by atoms with Crippen molar-refractivity contribution >= 4 is 5.97 Å². The lowest BCUT2D eigenvalue weighted by Crippen LogP contribution is -2.44. The lowest BCUT2D eigenvalue weighted by atomic mass is 9.80. The fraction of sp³-hybridized carbons (Fsp3) is 0.588. The molecule has 0 heterocycles. The van der Waals surface area contributed by atoms with Gasteiger partial charge in [-0.2, -0.15) is 0 Å². The first-order chi connectivity index (χ1) is 10.0. The molecule has 0 spiro atoms. The van der Waals surface area contributed by atoms with Crippen LogP contribution in [0.4, 0.5) is 0 Å². The Balaban J connectivity index is 2.17. The van der Waals surface area contributed by atoms with Crippen LogP contribution in [-0.4, -0.2) is 43.2 Å². The van der Waals surface area contributed by atoms with Crippen LogP contribution in [0.1, 0.15) is 31.2 Å². The Morgan fingerprint density at radius 1 is 1.29 bits per heavy atom. The molecule has 4 nitrogen and oxygen atoms in total. The van der Waals surface area contributed by atoms with Crippen LogP contribution < -0.4 is 0 Å². The molecule has 1 N–H and O–H groups in total. The highest BCUT2D eigenvalue weighted by Gasteiger charge is 2.47. The summed E-state index contributed by atoms with van der Waals surface area (Å²) in [5, 5.41) is 11.1. The highest BCUT2D eigenvalue weighted by molar-refractivity contribution is 5.81. The average molecular weight is 291 g/mol. The van der Waals surface area contributed by atoms with E-state index in [1.807, 2.05) is 49.3 Å². The molecule has 1 aliphatic rings. The molecule has 1 atom stereocenters. The van der Waals surface area contributed by atoms with E-state index in [1.165, 1.54) is 0 Å². The normalized spacial score (nSPS) is 18.7. The third kappa shape index (κ3) is 3.63. The average Bonchev–Trinajstić information content (AvgIpc) is 3.01. The van der Waals surface area contributed by atoms with Crippen molar-refractivity contribution in [2.24, 2.45) is 5.92 Å². The van der Waals surface area contributed by atoms with Crippen molar-refractivity contribution < 1.29 is 14.6 Å². The second-order valence-corrected chi connectivity index (χ2v) is 6.05. The molecule has 4 heteroatoms. The summed E-state index contributed by atoms with van der Waals surface area (Å²) in [6.07, 6.45) is 3.86. The molecule has 1 fully saturated rings. The van der Waals surface area contributed by atoms with Gasteiger partial charge in [-0.25, -0.2) is 4.79 Å². The Kier molecular flexibility index (Phi) is 5.37. The molecule has 0 aromatic heterocycles. The number of benzene rings is 1. The fourth-order valence-electron chi connectivity index (χ4n) is 2.99. The van der Waals surface area contributed by atoms with E-state index in [2.05, 4.69) is 0 Å². The lowest BCUT2D eigenvalue weighted by Gasteiger charge is -2.32. The fourth-order valence-corrected chi connectivity index (χ4v) is 2.99. The predicted octanol–water partition coefficient (Wildman–Crippen LogP) is 2.17. The number of esters is 1. The predicted molar refractivity (Wildman–Crippen MR) is 81.8 cm³/mol. The van der Waals surface area contributed by atoms with E-state index >= 15 is 0 Å². The van der Waals surface area contributed by atoms with Crippen molar-refractivity contribution in [1.29, 1.82) is 0 Å². The first-order valence-corrected chi connectivity index (χ1v) is 7.65. The number of hydrogen-bond donors (Lipinski definition) is 1. The summed E-state index contributed by atoms with van der Waals surface area (Å²) < 4.78 is 5.35. The van der Waals surface area contributed by atoms with E-state index in [0.29, 0.717) is 18.7 Å². The van der Waals surface area contributed by atoms with Crippen molar-refractivity contribution in [3.63, 3.8) is 0 Å². The standard InChI is InChI=1S/C17H25NO3/c1-18(2)12-13-21-16(19)17(20,15-10-6-7-11-15)14-8-4-3-5-9-14/h3-5,8-9,15,20H,6-7,10-13H2,1-2H3/t17-/m1/s1. The van der Waals surface area contributed by atoms with Crippen LogP contribution in [0.2, 0.25) is 0 Å². The smallest absolute Gasteiger partial charge is 0.343 e. The number of ether oxygens (including phenoxy) is 1. The third-order valence-corrected chi connectivity index (χ3v) is 4.24. The van der Waals surface area contributed by atoms with Crippen molar-refractivity contribution in [2.45, 2.75) is 31.3 Å². The SMILES string of the molecule is CN(C)CCOC(=O)[C@@](O)(c1ccccc1)C1CCCC1. The summed E-state index contributed by atoms with van der Waals surface area (Å²) in [6.45, 7) is 0.953. The molecule has 21 heavy (non-hydrogen) atoms. The minimum atomic E-state index is -1.51. The second-order valence-electron chi connectivity index (χ2n) is 6.05. The molecular weight excluding hydrogens is 266 g/mol. The van der Waals surface area contributed by atoms with Gasteiger partial charge in [0.2, 0.25) is 0 Å². The van der Waals surface area contributed by atoms with Crippen LogP contribution >= 0.6 is 0 Å². The molecule has 0 unspecified atom stereocenters. The van der Waals surface area contributed by atoms with Crippen molar-refractivity contribution in [1.82, 2.24) is 4.90 Å². The Bertz CT molecular complexity index is 454. The monoisotopic (exact) mass is 291 g/mol. The molecule has 0 radical (unpaired) electrons. The zero-order valence-corrected chi connectivity index (χ0v) is 12.9. The van der Waals surface area contributed by atoms with Crippen LogP contribution in [0, 0.1) is 5.92 Å². The second kappa shape index (κ2) is 7.05. The molecule has 1 saturated carbocycles. The minimum Gasteiger partial charge on any atom is -0.462 e. The van der Waals surface area contributed by atoms with Gasteiger partial charge in [0.05, 0.1) is 0 Å². The molecule has 0 saturated heterocycles. The van der Waals surface area contributed by atoms with E-state index in [0.717, 1.165) is 25.7 Å². The van der Waals surface area contributed by atoms with Gasteiger partial charge in [-0.15, -0.1) is 0 Å². The van der Waals surface area contributed by atoms with Crippen LogP contribution in [0.25, 0.3) is 0 Å². The van der Waals surface area contributed by atoms with Crippen molar-refractivity contribution in [3.8, 4) is 0 Å². The highest BCUT2D eigenvalue weighted by atomic mass is 16.5. The molecule has 0 amide bonds. The number of hydrogen-bond acceptors (Lipinski definition) is 4. The summed E-state index contributed by atoms with van der Waals surface area (Å²) in [6, 6.07) is 9.21. The molecule has 0 bridgehead atoms. The molecule has 1 aromatic carbocycles. The van der Waals surface area contributed by atoms with Gasteiger partial charge in [-0.3, -0.25) is 0 Å². The maximum atomic E-state index is 12.5. The summed E-state index contributed by atoms with van der Waals surface area (Å²) in [4.78, 5) is 14.5. The zero-order valence-electron chi connectivity index (χ0n) is 12.9. The van der Waals surface area contributed by atoms with Gasteiger partial charge in [0.1, 0.15) is 6.61 Å². The van der Waals surface area contributed by atoms with Gasteiger partial charge >= 0.3 is 5.97 Å². The van der Waals surface area contributed by atoms with E-state index in [-0.39, 0.29) is 5.92 Å². The molecule has 116 valence electrons. The van der Waals surface area contributed by atoms with Crippen molar-refractivity contribution in [2.75, 3.05) is 27.2 Å². The maximum Gasteiger partial charge on any atom is 0.343 e. The van der Waals surface area contributed by atoms with Gasteiger partial charge in [-0.1, -0.05) is 43.2 Å². The highest BCUT2D eigenvalue weighted by Crippen LogP contribution is 2.41. The zero-order chi connectivity index (χ0) is 15.3. The first-order valence-electron chi connectivity index (χ1n) is 7.65. The third-order valence-electron chi connectivity index (χ3n) is 4.24. The Labute approximate surface area is 126 Å². The van der Waals surface area contributed by atoms with Crippen LogP contribution in [-0.2, 0) is 15.1 Å². The summed E-state index contributed by atoms with van der Waals surface area (Å²) >= 11 is 0. The lowest BCUT2D eigenvalue weighted by molar-refractivity contribution is -0.174. The van der Waals surface area contributed by atoms with E-state index in [1.54, 1.807) is 0 Å². The number of nitrogens with zero attached hydrogens (tertiary/aromatic N) is 1. The summed E-state index contributed by atoms with van der Waals surface area (Å²) in [7, 11) is 3.85. The van der Waals surface area contributed by atoms with E-state index in [4.69, 9.17) is 4.74 Å². The Hall–Kier alpha value is -1.39. The summed E-state index contributed by atoms with van der Waals surface area (Å²) in [5.74, 6) is -0.561. The van der Waals surface area contributed by atoms with E-state index in [9.17, 15) is 9.90 Å². The first kappa shape index (κ1) is 16.0. The number of likely N-dealkylation sites (N-methyl/N-ethyl adjacent to an activating group) is 1. The van der Waals surface area contributed by atoms with Crippen molar-refractivity contribution in [3.05, 3.63) is 35.9 Å². The van der Waals surface area contributed by atoms with Gasteiger partial charge in [0, 0.05) is 12.5 Å². The van der Waals surface area contributed by atoms with Gasteiger partial charge < -0.3 is 14.7 Å². The largest absolute Gasteiger partial charge is 0.462 e. The Morgan fingerprint density at radius 2 is 1.90 bits per heavy atom. The number of rotatable bonds is 6. The quantitative estimate of drug-likeness (QED) is 0.816. The van der Waals surface area contributed by atoms with Crippen LogP contribution in [0.15, 0.2) is 30.3 Å². The van der Waals surface area contributed by atoms with E-state index < -0.39 is 11.6 Å². The van der Waals surface area contributed by atoms with Crippen LogP contribution in [0.5, 0.6) is 0 Å². The topological polar surface area (TPSA) is 49.8 Å². The Morgan fingerprint density at radius 3 is 2.48 bits per heavy atom. The number of aliphatic hydroxyl groups is 1. The number of carbonyl (C=O) groups excluding carboxylic acids is 1. The van der Waals surface area contributed by atoms with Gasteiger partial charge in [-0.05, 0) is 32.5 Å². The molecular formula is C17H25NO3. The molecule has 1 aliphatic carbocycles. The van der Waals surface area contributed by atoms with Crippen LogP contribution in [0.3, 0.4) is 0 Å². The maximum absolute atomic E-state index is 12.5.